The summed E-state index contributed by atoms with van der Waals surface area (Å²) in [6, 6.07) is 18.0. The molecule has 0 amide bonds. The van der Waals surface area contributed by atoms with E-state index in [1.54, 1.807) is 0 Å². The summed E-state index contributed by atoms with van der Waals surface area (Å²) >= 11 is 0. The molecule has 0 radical (unpaired) electrons. The van der Waals surface area contributed by atoms with Crippen LogP contribution in [0.4, 0.5) is 26.3 Å². The molecule has 0 fully saturated rings. The quantitative estimate of drug-likeness (QED) is 0.268. The zero-order valence-corrected chi connectivity index (χ0v) is 18.3. The average molecular weight is 473 g/mol. The summed E-state index contributed by atoms with van der Waals surface area (Å²) in [6.07, 6.45) is -7.40. The number of halogens is 6. The standard InChI is InChI=1S/C27H21F6N/c1-17-2-12-24-20(14-17)16-21(15-19-5-10-23(11-6-19)27(31,32)33)25(34-24)13-7-18-3-8-22(9-4-18)26(28,29)30/h2-6,8-12,14,16H,7,13,15H2,1H3. The highest BCUT2D eigenvalue weighted by atomic mass is 19.4. The molecular formula is C27H21F6N. The van der Waals surface area contributed by atoms with Crippen molar-refractivity contribution in [2.45, 2.75) is 38.5 Å². The van der Waals surface area contributed by atoms with Crippen LogP contribution in [-0.2, 0) is 31.6 Å². The second kappa shape index (κ2) is 9.12. The van der Waals surface area contributed by atoms with Crippen molar-refractivity contribution in [2.24, 2.45) is 0 Å². The average Bonchev–Trinajstić information content (AvgIpc) is 2.77. The maximum absolute atomic E-state index is 12.9. The van der Waals surface area contributed by atoms with Gasteiger partial charge >= 0.3 is 12.4 Å². The predicted octanol–water partition coefficient (Wildman–Crippen LogP) is 7.96. The zero-order chi connectivity index (χ0) is 24.5. The Balaban J connectivity index is 1.62. The lowest BCUT2D eigenvalue weighted by Crippen LogP contribution is -2.06. The molecule has 0 spiro atoms. The second-order valence-electron chi connectivity index (χ2n) is 8.36. The third-order valence-corrected chi connectivity index (χ3v) is 5.75. The molecule has 4 rings (SSSR count). The van der Waals surface area contributed by atoms with E-state index in [1.807, 2.05) is 31.2 Å². The smallest absolute Gasteiger partial charge is 0.253 e. The maximum Gasteiger partial charge on any atom is 0.416 e. The molecule has 0 saturated carbocycles. The predicted molar refractivity (Wildman–Crippen MR) is 120 cm³/mol. The highest BCUT2D eigenvalue weighted by Gasteiger charge is 2.30. The van der Waals surface area contributed by atoms with E-state index >= 15 is 0 Å². The molecule has 0 saturated heterocycles. The van der Waals surface area contributed by atoms with Gasteiger partial charge in [0.2, 0.25) is 0 Å². The lowest BCUT2D eigenvalue weighted by molar-refractivity contribution is -0.138. The molecule has 1 nitrogen and oxygen atoms in total. The molecule has 0 aliphatic rings. The molecular weight excluding hydrogens is 452 g/mol. The molecule has 0 unspecified atom stereocenters. The van der Waals surface area contributed by atoms with Crippen LogP contribution in [0.25, 0.3) is 10.9 Å². The van der Waals surface area contributed by atoms with Crippen LogP contribution in [0.15, 0.2) is 72.8 Å². The number of aromatic nitrogens is 1. The monoisotopic (exact) mass is 473 g/mol. The van der Waals surface area contributed by atoms with Crippen molar-refractivity contribution < 1.29 is 26.3 Å². The molecule has 0 atom stereocenters. The van der Waals surface area contributed by atoms with Crippen LogP contribution in [0.2, 0.25) is 0 Å². The molecule has 1 aromatic heterocycles. The van der Waals surface area contributed by atoms with Crippen LogP contribution in [0.5, 0.6) is 0 Å². The Hall–Kier alpha value is -3.35. The minimum atomic E-state index is -4.40. The Morgan fingerprint density at radius 1 is 0.647 bits per heavy atom. The number of hydrogen-bond acceptors (Lipinski definition) is 1. The lowest BCUT2D eigenvalue weighted by atomic mass is 9.96. The van der Waals surface area contributed by atoms with Crippen LogP contribution in [-0.4, -0.2) is 4.98 Å². The SMILES string of the molecule is Cc1ccc2nc(CCc3ccc(C(F)(F)F)cc3)c(Cc3ccc(C(F)(F)F)cc3)cc2c1. The van der Waals surface area contributed by atoms with Gasteiger partial charge in [-0.05, 0) is 85.3 Å². The van der Waals surface area contributed by atoms with Crippen molar-refractivity contribution in [3.63, 3.8) is 0 Å². The largest absolute Gasteiger partial charge is 0.416 e. The summed E-state index contributed by atoms with van der Waals surface area (Å²) < 4.78 is 77.2. The van der Waals surface area contributed by atoms with E-state index in [0.29, 0.717) is 19.3 Å². The first-order valence-electron chi connectivity index (χ1n) is 10.7. The van der Waals surface area contributed by atoms with E-state index in [1.165, 1.54) is 24.3 Å². The third-order valence-electron chi connectivity index (χ3n) is 5.75. The fourth-order valence-electron chi connectivity index (χ4n) is 3.90. The van der Waals surface area contributed by atoms with Crippen LogP contribution >= 0.6 is 0 Å². The maximum atomic E-state index is 12.9. The van der Waals surface area contributed by atoms with Gasteiger partial charge in [0.25, 0.3) is 0 Å². The highest BCUT2D eigenvalue weighted by molar-refractivity contribution is 5.80. The van der Waals surface area contributed by atoms with Gasteiger partial charge in [0.1, 0.15) is 0 Å². The van der Waals surface area contributed by atoms with E-state index in [9.17, 15) is 26.3 Å². The Morgan fingerprint density at radius 3 is 1.76 bits per heavy atom. The molecule has 3 aromatic carbocycles. The summed E-state index contributed by atoms with van der Waals surface area (Å²) in [7, 11) is 0. The van der Waals surface area contributed by atoms with Crippen LogP contribution < -0.4 is 0 Å². The molecule has 1 heterocycles. The number of aryl methyl sites for hydroxylation is 3. The molecule has 7 heteroatoms. The van der Waals surface area contributed by atoms with Gasteiger partial charge in [-0.3, -0.25) is 4.98 Å². The number of pyridine rings is 1. The van der Waals surface area contributed by atoms with Gasteiger partial charge in [0.05, 0.1) is 16.6 Å². The summed E-state index contributed by atoms with van der Waals surface area (Å²) in [6.45, 7) is 1.97. The first-order valence-corrected chi connectivity index (χ1v) is 10.7. The van der Waals surface area contributed by atoms with Gasteiger partial charge in [0, 0.05) is 11.1 Å². The Bertz CT molecular complexity index is 1290. The Morgan fingerprint density at radius 2 is 1.21 bits per heavy atom. The van der Waals surface area contributed by atoms with E-state index in [2.05, 4.69) is 0 Å². The lowest BCUT2D eigenvalue weighted by Gasteiger charge is -2.13. The van der Waals surface area contributed by atoms with Crippen molar-refractivity contribution >= 4 is 10.9 Å². The zero-order valence-electron chi connectivity index (χ0n) is 18.3. The number of benzene rings is 3. The minimum absolute atomic E-state index is 0.400. The molecule has 0 N–H and O–H groups in total. The number of hydrogen-bond donors (Lipinski definition) is 0. The summed E-state index contributed by atoms with van der Waals surface area (Å²) in [4.78, 5) is 4.78. The highest BCUT2D eigenvalue weighted by Crippen LogP contribution is 2.31. The molecule has 0 aliphatic carbocycles. The Labute approximate surface area is 193 Å². The van der Waals surface area contributed by atoms with Gasteiger partial charge < -0.3 is 0 Å². The summed E-state index contributed by atoms with van der Waals surface area (Å²) in [5, 5.41) is 0.931. The molecule has 176 valence electrons. The van der Waals surface area contributed by atoms with Crippen LogP contribution in [0, 0.1) is 6.92 Å². The fourth-order valence-corrected chi connectivity index (χ4v) is 3.90. The molecule has 0 bridgehead atoms. The van der Waals surface area contributed by atoms with Crippen molar-refractivity contribution in [3.05, 3.63) is 112 Å². The van der Waals surface area contributed by atoms with Crippen LogP contribution in [0.3, 0.4) is 0 Å². The molecule has 0 aliphatic heterocycles. The van der Waals surface area contributed by atoms with Crippen molar-refractivity contribution in [3.8, 4) is 0 Å². The van der Waals surface area contributed by atoms with E-state index < -0.39 is 23.5 Å². The van der Waals surface area contributed by atoms with Gasteiger partial charge in [0.15, 0.2) is 0 Å². The minimum Gasteiger partial charge on any atom is -0.253 e. The second-order valence-corrected chi connectivity index (χ2v) is 8.36. The molecule has 34 heavy (non-hydrogen) atoms. The summed E-state index contributed by atoms with van der Waals surface area (Å²) in [5.41, 5.74) is 3.58. The number of nitrogens with zero attached hydrogens (tertiary/aromatic N) is 1. The number of fused-ring (bicyclic) bond motifs is 1. The van der Waals surface area contributed by atoms with Crippen LogP contribution in [0.1, 0.15) is 39.1 Å². The first-order chi connectivity index (χ1) is 16.0. The van der Waals surface area contributed by atoms with Gasteiger partial charge in [-0.15, -0.1) is 0 Å². The molecule has 4 aromatic rings. The first kappa shape index (κ1) is 23.8. The van der Waals surface area contributed by atoms with Gasteiger partial charge in [-0.1, -0.05) is 35.9 Å². The Kier molecular flexibility index (Phi) is 6.39. The van der Waals surface area contributed by atoms with E-state index in [0.717, 1.165) is 63.1 Å². The normalized spacial score (nSPS) is 12.3. The van der Waals surface area contributed by atoms with Crippen molar-refractivity contribution in [1.82, 2.24) is 4.98 Å². The van der Waals surface area contributed by atoms with E-state index in [-0.39, 0.29) is 0 Å². The topological polar surface area (TPSA) is 12.9 Å². The number of rotatable bonds is 5. The summed E-state index contributed by atoms with van der Waals surface area (Å²) in [5.74, 6) is 0. The van der Waals surface area contributed by atoms with Crippen molar-refractivity contribution in [1.29, 1.82) is 0 Å². The van der Waals surface area contributed by atoms with Gasteiger partial charge in [-0.25, -0.2) is 0 Å². The number of alkyl halides is 6. The van der Waals surface area contributed by atoms with E-state index in [4.69, 9.17) is 4.98 Å². The van der Waals surface area contributed by atoms with Crippen molar-refractivity contribution in [2.75, 3.05) is 0 Å². The third kappa shape index (κ3) is 5.58. The fraction of sp³-hybridized carbons (Fsp3) is 0.222. The van der Waals surface area contributed by atoms with Gasteiger partial charge in [-0.2, -0.15) is 26.3 Å².